The minimum atomic E-state index is -0.665. The first kappa shape index (κ1) is 24.8. The number of aromatic amines is 1. The molecular weight excluding hydrogens is 519 g/mol. The maximum atomic E-state index is 14.0. The van der Waals surface area contributed by atoms with E-state index < -0.39 is 23.9 Å². The molecule has 202 valence electrons. The lowest BCUT2D eigenvalue weighted by Gasteiger charge is -2.36. The average molecular weight is 545 g/mol. The number of carbonyl (C=O) groups is 3. The van der Waals surface area contributed by atoms with Crippen molar-refractivity contribution in [3.05, 3.63) is 131 Å². The molecule has 41 heavy (non-hydrogen) atoms. The molecule has 7 rings (SSSR count). The molecule has 3 heterocycles. The summed E-state index contributed by atoms with van der Waals surface area (Å²) in [6.07, 6.45) is 0.404. The standard InChI is InChI=1S/C33H25FN4O3/c1-19-6-8-20(9-7-19)30-29-26(25-4-2-3-5-27(25)36-29)18-28-32(40)37(33(41)38(28)30)24-16-10-21(11-17-24)31(39)35-23-14-12-22(34)13-15-23/h2-17,28,30,36H,18H2,1H3,(H,35,39). The summed E-state index contributed by atoms with van der Waals surface area (Å²) in [4.78, 5) is 47.1. The van der Waals surface area contributed by atoms with Gasteiger partial charge < -0.3 is 10.3 Å². The summed E-state index contributed by atoms with van der Waals surface area (Å²) in [5.74, 6) is -1.08. The molecule has 4 amide bonds. The predicted octanol–water partition coefficient (Wildman–Crippen LogP) is 6.35. The van der Waals surface area contributed by atoms with Crippen molar-refractivity contribution in [1.82, 2.24) is 9.88 Å². The third kappa shape index (κ3) is 4.07. The SMILES string of the molecule is Cc1ccc(C2c3[nH]c4ccccc4c3CC3C(=O)N(c4ccc(C(=O)Nc5ccc(F)cc5)cc4)C(=O)N32)cc1. The van der Waals surface area contributed by atoms with E-state index in [0.717, 1.165) is 33.3 Å². The van der Waals surface area contributed by atoms with E-state index in [0.29, 0.717) is 23.4 Å². The zero-order valence-electron chi connectivity index (χ0n) is 22.1. The molecule has 2 aliphatic rings. The number of hydrogen-bond acceptors (Lipinski definition) is 3. The number of fused-ring (bicyclic) bond motifs is 4. The molecule has 1 saturated heterocycles. The van der Waals surface area contributed by atoms with E-state index >= 15 is 0 Å². The lowest BCUT2D eigenvalue weighted by atomic mass is 9.88. The normalized spacial score (nSPS) is 18.0. The summed E-state index contributed by atoms with van der Waals surface area (Å²) in [7, 11) is 0. The van der Waals surface area contributed by atoms with E-state index in [1.54, 1.807) is 29.2 Å². The van der Waals surface area contributed by atoms with Gasteiger partial charge >= 0.3 is 6.03 Å². The molecule has 8 heteroatoms. The number of nitrogens with one attached hydrogen (secondary N) is 2. The maximum absolute atomic E-state index is 14.0. The highest BCUT2D eigenvalue weighted by atomic mass is 19.1. The number of para-hydroxylation sites is 1. The molecule has 1 aromatic heterocycles. The number of anilines is 2. The summed E-state index contributed by atoms with van der Waals surface area (Å²) < 4.78 is 13.2. The van der Waals surface area contributed by atoms with Gasteiger partial charge in [0.1, 0.15) is 17.9 Å². The number of rotatable bonds is 4. The number of amides is 4. The Morgan fingerprint density at radius 3 is 2.34 bits per heavy atom. The maximum Gasteiger partial charge on any atom is 0.332 e. The van der Waals surface area contributed by atoms with Gasteiger partial charge in [0.25, 0.3) is 11.8 Å². The molecule has 0 aliphatic carbocycles. The average Bonchev–Trinajstić information content (AvgIpc) is 3.48. The second-order valence-corrected chi connectivity index (χ2v) is 10.5. The van der Waals surface area contributed by atoms with Crippen LogP contribution >= 0.6 is 0 Å². The quantitative estimate of drug-likeness (QED) is 0.259. The number of halogens is 1. The van der Waals surface area contributed by atoms with Gasteiger partial charge in [0.15, 0.2) is 0 Å². The first-order chi connectivity index (χ1) is 19.9. The fraction of sp³-hybridized carbons (Fsp3) is 0.121. The first-order valence-electron chi connectivity index (χ1n) is 13.4. The Morgan fingerprint density at radius 2 is 1.61 bits per heavy atom. The van der Waals surface area contributed by atoms with Crippen LogP contribution in [0.4, 0.5) is 20.6 Å². The molecular formula is C33H25FN4O3. The Bertz CT molecular complexity index is 1830. The Morgan fingerprint density at radius 1 is 0.902 bits per heavy atom. The highest BCUT2D eigenvalue weighted by molar-refractivity contribution is 6.22. The zero-order valence-corrected chi connectivity index (χ0v) is 22.1. The molecule has 2 atom stereocenters. The topological polar surface area (TPSA) is 85.5 Å². The third-order valence-electron chi connectivity index (χ3n) is 7.93. The summed E-state index contributed by atoms with van der Waals surface area (Å²) in [6, 6.07) is 26.3. The van der Waals surface area contributed by atoms with Gasteiger partial charge in [-0.3, -0.25) is 14.5 Å². The van der Waals surface area contributed by atoms with Gasteiger partial charge in [-0.25, -0.2) is 14.1 Å². The predicted molar refractivity (Wildman–Crippen MR) is 154 cm³/mol. The third-order valence-corrected chi connectivity index (χ3v) is 7.93. The van der Waals surface area contributed by atoms with Gasteiger partial charge in [0, 0.05) is 34.3 Å². The molecule has 2 unspecified atom stereocenters. The number of urea groups is 1. The van der Waals surface area contributed by atoms with Gasteiger partial charge in [0.05, 0.1) is 5.69 Å². The van der Waals surface area contributed by atoms with Crippen molar-refractivity contribution in [2.24, 2.45) is 0 Å². The number of aryl methyl sites for hydroxylation is 1. The van der Waals surface area contributed by atoms with Crippen molar-refractivity contribution in [1.29, 1.82) is 0 Å². The number of hydrogen-bond donors (Lipinski definition) is 2. The van der Waals surface area contributed by atoms with Crippen molar-refractivity contribution in [2.45, 2.75) is 25.4 Å². The number of nitrogens with zero attached hydrogens (tertiary/aromatic N) is 2. The van der Waals surface area contributed by atoms with E-state index in [4.69, 9.17) is 0 Å². The van der Waals surface area contributed by atoms with Crippen LogP contribution in [-0.2, 0) is 11.2 Å². The number of benzene rings is 4. The van der Waals surface area contributed by atoms with Gasteiger partial charge in [-0.15, -0.1) is 0 Å². The molecule has 0 spiro atoms. The zero-order chi connectivity index (χ0) is 28.2. The Balaban J connectivity index is 1.23. The molecule has 5 aromatic rings. The number of carbonyl (C=O) groups excluding carboxylic acids is 3. The molecule has 2 aliphatic heterocycles. The molecule has 4 aromatic carbocycles. The van der Waals surface area contributed by atoms with Crippen molar-refractivity contribution in [3.63, 3.8) is 0 Å². The summed E-state index contributed by atoms with van der Waals surface area (Å²) in [5.41, 5.74) is 6.15. The first-order valence-corrected chi connectivity index (χ1v) is 13.4. The van der Waals surface area contributed by atoms with Crippen LogP contribution in [0.5, 0.6) is 0 Å². The Hall–Kier alpha value is -5.24. The van der Waals surface area contributed by atoms with Gasteiger partial charge in [0.2, 0.25) is 0 Å². The lowest BCUT2D eigenvalue weighted by molar-refractivity contribution is -0.120. The van der Waals surface area contributed by atoms with Crippen LogP contribution in [0.3, 0.4) is 0 Å². The number of imide groups is 1. The summed E-state index contributed by atoms with van der Waals surface area (Å²) in [6.45, 7) is 2.01. The lowest BCUT2D eigenvalue weighted by Crippen LogP contribution is -2.44. The molecule has 7 nitrogen and oxygen atoms in total. The monoisotopic (exact) mass is 544 g/mol. The second-order valence-electron chi connectivity index (χ2n) is 10.5. The van der Waals surface area contributed by atoms with Crippen LogP contribution in [0.2, 0.25) is 0 Å². The van der Waals surface area contributed by atoms with Crippen molar-refractivity contribution < 1.29 is 18.8 Å². The van der Waals surface area contributed by atoms with Crippen LogP contribution in [0.1, 0.15) is 38.8 Å². The van der Waals surface area contributed by atoms with E-state index in [-0.39, 0.29) is 11.8 Å². The molecule has 0 radical (unpaired) electrons. The Labute approximate surface area is 235 Å². The van der Waals surface area contributed by atoms with Crippen molar-refractivity contribution in [3.8, 4) is 0 Å². The fourth-order valence-corrected chi connectivity index (χ4v) is 5.91. The van der Waals surface area contributed by atoms with Crippen LogP contribution < -0.4 is 10.2 Å². The Kier molecular flexibility index (Phi) is 5.71. The molecule has 0 saturated carbocycles. The van der Waals surface area contributed by atoms with Crippen molar-refractivity contribution >= 4 is 40.1 Å². The van der Waals surface area contributed by atoms with Gasteiger partial charge in [-0.1, -0.05) is 48.0 Å². The highest BCUT2D eigenvalue weighted by Gasteiger charge is 2.53. The summed E-state index contributed by atoms with van der Waals surface area (Å²) in [5, 5.41) is 3.77. The van der Waals surface area contributed by atoms with E-state index in [2.05, 4.69) is 10.3 Å². The number of aromatic nitrogens is 1. The molecule has 2 N–H and O–H groups in total. The number of H-pyrrole nitrogens is 1. The van der Waals surface area contributed by atoms with Crippen LogP contribution in [0, 0.1) is 12.7 Å². The van der Waals surface area contributed by atoms with E-state index in [9.17, 15) is 18.8 Å². The molecule has 1 fully saturated rings. The second kappa shape index (κ2) is 9.45. The van der Waals surface area contributed by atoms with E-state index in [1.165, 1.54) is 29.2 Å². The van der Waals surface area contributed by atoms with E-state index in [1.807, 2.05) is 55.5 Å². The van der Waals surface area contributed by atoms with Crippen LogP contribution in [0.25, 0.3) is 10.9 Å². The fourth-order valence-electron chi connectivity index (χ4n) is 5.91. The van der Waals surface area contributed by atoms with Gasteiger partial charge in [-0.2, -0.15) is 0 Å². The summed E-state index contributed by atoms with van der Waals surface area (Å²) >= 11 is 0. The minimum Gasteiger partial charge on any atom is -0.356 e. The van der Waals surface area contributed by atoms with Gasteiger partial charge in [-0.05, 0) is 72.6 Å². The van der Waals surface area contributed by atoms with Crippen LogP contribution in [0.15, 0.2) is 97.1 Å². The largest absolute Gasteiger partial charge is 0.356 e. The smallest absolute Gasteiger partial charge is 0.332 e. The molecule has 0 bridgehead atoms. The minimum absolute atomic E-state index is 0.299. The highest BCUT2D eigenvalue weighted by Crippen LogP contribution is 2.44. The van der Waals surface area contributed by atoms with Crippen LogP contribution in [-0.4, -0.2) is 33.8 Å². The van der Waals surface area contributed by atoms with Crippen molar-refractivity contribution in [2.75, 3.05) is 10.2 Å².